The summed E-state index contributed by atoms with van der Waals surface area (Å²) in [7, 11) is -1.82. The molecule has 0 spiro atoms. The third kappa shape index (κ3) is 4.60. The Morgan fingerprint density at radius 1 is 1.27 bits per heavy atom. The Morgan fingerprint density at radius 2 is 2.03 bits per heavy atom. The molecule has 10 heteroatoms. The predicted molar refractivity (Wildman–Crippen MR) is 113 cm³/mol. The summed E-state index contributed by atoms with van der Waals surface area (Å²) >= 11 is 0. The fourth-order valence-corrected chi connectivity index (χ4v) is 4.10. The molecule has 0 radical (unpaired) electrons. The van der Waals surface area contributed by atoms with E-state index in [2.05, 4.69) is 5.32 Å². The number of benzene rings is 2. The molecule has 9 nitrogen and oxygen atoms in total. The summed E-state index contributed by atoms with van der Waals surface area (Å²) < 4.78 is 28.6. The van der Waals surface area contributed by atoms with E-state index < -0.39 is 14.8 Å². The molecule has 2 aromatic rings. The number of carbonyl (C=O) groups excluding carboxylic acids is 1. The van der Waals surface area contributed by atoms with Crippen LogP contribution in [0.25, 0.3) is 0 Å². The van der Waals surface area contributed by atoms with Gasteiger partial charge >= 0.3 is 0 Å². The molecule has 1 amide bonds. The van der Waals surface area contributed by atoms with E-state index in [-0.39, 0.29) is 22.1 Å². The average Bonchev–Trinajstić information content (AvgIpc) is 2.72. The lowest BCUT2D eigenvalue weighted by Crippen LogP contribution is -2.35. The Kier molecular flexibility index (Phi) is 6.37. The van der Waals surface area contributed by atoms with Crippen molar-refractivity contribution in [3.05, 3.63) is 57.6 Å². The zero-order valence-corrected chi connectivity index (χ0v) is 17.6. The number of nitrogens with zero attached hydrogens (tertiary/aromatic N) is 2. The molecule has 2 aromatic carbocycles. The van der Waals surface area contributed by atoms with Crippen molar-refractivity contribution in [2.24, 2.45) is 0 Å². The maximum absolute atomic E-state index is 13.1. The largest absolute Gasteiger partial charge is 0.383 e. The summed E-state index contributed by atoms with van der Waals surface area (Å²) in [5, 5.41) is 14.4. The number of nitrogens with one attached hydrogen (secondary N) is 1. The number of sulfone groups is 1. The van der Waals surface area contributed by atoms with Crippen LogP contribution < -0.4 is 10.2 Å². The Balaban J connectivity index is 1.92. The van der Waals surface area contributed by atoms with Gasteiger partial charge in [-0.1, -0.05) is 0 Å². The van der Waals surface area contributed by atoms with Crippen LogP contribution in [0.4, 0.5) is 17.1 Å². The number of hydrogen-bond donors (Lipinski definition) is 1. The van der Waals surface area contributed by atoms with Crippen LogP contribution in [0.15, 0.2) is 41.3 Å². The van der Waals surface area contributed by atoms with Crippen molar-refractivity contribution in [3.63, 3.8) is 0 Å². The van der Waals surface area contributed by atoms with Crippen LogP contribution in [-0.2, 0) is 21.0 Å². The molecular formula is C20H23N3O6S. The molecule has 0 atom stereocenters. The summed E-state index contributed by atoms with van der Waals surface area (Å²) in [4.78, 5) is 25.8. The van der Waals surface area contributed by atoms with Gasteiger partial charge in [0.05, 0.1) is 16.4 Å². The maximum Gasteiger partial charge on any atom is 0.293 e. The smallest absolute Gasteiger partial charge is 0.293 e. The Morgan fingerprint density at radius 3 is 2.70 bits per heavy atom. The predicted octanol–water partition coefficient (Wildman–Crippen LogP) is 2.65. The van der Waals surface area contributed by atoms with Gasteiger partial charge < -0.3 is 15.0 Å². The number of ether oxygens (including phenoxy) is 1. The third-order valence-corrected chi connectivity index (χ3v) is 6.02. The van der Waals surface area contributed by atoms with Gasteiger partial charge in [0, 0.05) is 43.8 Å². The van der Waals surface area contributed by atoms with E-state index in [1.807, 2.05) is 0 Å². The Bertz CT molecular complexity index is 1080. The number of nitro benzene ring substituents is 1. The first-order valence-electron chi connectivity index (χ1n) is 9.38. The van der Waals surface area contributed by atoms with Gasteiger partial charge in [0.1, 0.15) is 5.69 Å². The highest BCUT2D eigenvalue weighted by atomic mass is 32.2. The molecule has 1 aliphatic rings. The molecule has 0 unspecified atom stereocenters. The minimum atomic E-state index is -3.35. The standard InChI is InChI=1S/C20H23N3O6S/c1-29-11-9-21-17-7-5-15(13-19(17)23(25)26)20(24)22-10-3-4-14-12-16(30(2,27)28)6-8-18(14)22/h5-8,12-13,21H,3-4,9-11H2,1-2H3. The number of nitro groups is 1. The van der Waals surface area contributed by atoms with Crippen LogP contribution in [0.3, 0.4) is 0 Å². The first-order chi connectivity index (χ1) is 14.2. The molecule has 1 N–H and O–H groups in total. The topological polar surface area (TPSA) is 119 Å². The van der Waals surface area contributed by atoms with Gasteiger partial charge in [-0.25, -0.2) is 8.42 Å². The zero-order valence-electron chi connectivity index (χ0n) is 16.8. The van der Waals surface area contributed by atoms with Crippen molar-refractivity contribution in [2.75, 3.05) is 43.3 Å². The highest BCUT2D eigenvalue weighted by molar-refractivity contribution is 7.90. The highest BCUT2D eigenvalue weighted by Gasteiger charge is 2.26. The van der Waals surface area contributed by atoms with Crippen molar-refractivity contribution in [1.82, 2.24) is 0 Å². The van der Waals surface area contributed by atoms with Crippen LogP contribution in [-0.4, -0.2) is 52.3 Å². The SMILES string of the molecule is COCCNc1ccc(C(=O)N2CCCc3cc(S(C)(=O)=O)ccc32)cc1[N+](=O)[O-]. The van der Waals surface area contributed by atoms with Crippen LogP contribution in [0.5, 0.6) is 0 Å². The second-order valence-corrected chi connectivity index (χ2v) is 9.05. The molecule has 0 aliphatic carbocycles. The first-order valence-corrected chi connectivity index (χ1v) is 11.3. The summed E-state index contributed by atoms with van der Waals surface area (Å²) in [5.41, 5.74) is 1.71. The van der Waals surface area contributed by atoms with Gasteiger partial charge in [-0.3, -0.25) is 14.9 Å². The van der Waals surface area contributed by atoms with Crippen molar-refractivity contribution in [1.29, 1.82) is 0 Å². The van der Waals surface area contributed by atoms with E-state index in [1.54, 1.807) is 23.1 Å². The quantitative estimate of drug-likeness (QED) is 0.405. The summed E-state index contributed by atoms with van der Waals surface area (Å²) in [6.07, 6.45) is 2.47. The molecular weight excluding hydrogens is 410 g/mol. The van der Waals surface area contributed by atoms with E-state index in [0.29, 0.717) is 43.9 Å². The first kappa shape index (κ1) is 21.7. The molecule has 0 saturated carbocycles. The van der Waals surface area contributed by atoms with E-state index in [1.165, 1.54) is 25.3 Å². The normalized spacial score (nSPS) is 13.6. The minimum absolute atomic E-state index is 0.193. The second-order valence-electron chi connectivity index (χ2n) is 7.03. The van der Waals surface area contributed by atoms with Gasteiger partial charge in [-0.15, -0.1) is 0 Å². The van der Waals surface area contributed by atoms with E-state index >= 15 is 0 Å². The van der Waals surface area contributed by atoms with Crippen molar-refractivity contribution >= 4 is 32.8 Å². The summed E-state index contributed by atoms with van der Waals surface area (Å²) in [6, 6.07) is 9.01. The fraction of sp³-hybridized carbons (Fsp3) is 0.350. The lowest BCUT2D eigenvalue weighted by molar-refractivity contribution is -0.384. The average molecular weight is 433 g/mol. The molecule has 3 rings (SSSR count). The Labute approximate surface area is 174 Å². The van der Waals surface area contributed by atoms with Gasteiger partial charge in [0.2, 0.25) is 0 Å². The van der Waals surface area contributed by atoms with Crippen LogP contribution in [0.2, 0.25) is 0 Å². The van der Waals surface area contributed by atoms with Crippen LogP contribution in [0, 0.1) is 10.1 Å². The number of carbonyl (C=O) groups is 1. The molecule has 0 bridgehead atoms. The summed E-state index contributed by atoms with van der Waals surface area (Å²) in [6.45, 7) is 1.23. The molecule has 0 fully saturated rings. The van der Waals surface area contributed by atoms with Gasteiger partial charge in [-0.2, -0.15) is 0 Å². The molecule has 0 aromatic heterocycles. The maximum atomic E-state index is 13.1. The van der Waals surface area contributed by atoms with Crippen LogP contribution >= 0.6 is 0 Å². The number of amides is 1. The second kappa shape index (κ2) is 8.80. The number of hydrogen-bond acceptors (Lipinski definition) is 7. The lowest BCUT2D eigenvalue weighted by Gasteiger charge is -2.30. The van der Waals surface area contributed by atoms with Crippen molar-refractivity contribution in [2.45, 2.75) is 17.7 Å². The van der Waals surface area contributed by atoms with Crippen LogP contribution in [0.1, 0.15) is 22.3 Å². The molecule has 1 aliphatic heterocycles. The van der Waals surface area contributed by atoms with Crippen molar-refractivity contribution in [3.8, 4) is 0 Å². The zero-order chi connectivity index (χ0) is 21.9. The Hall–Kier alpha value is -2.98. The van der Waals surface area contributed by atoms with E-state index in [0.717, 1.165) is 11.8 Å². The number of rotatable bonds is 7. The number of anilines is 2. The highest BCUT2D eigenvalue weighted by Crippen LogP contribution is 2.32. The lowest BCUT2D eigenvalue weighted by atomic mass is 10.0. The third-order valence-electron chi connectivity index (χ3n) is 4.91. The summed E-state index contributed by atoms with van der Waals surface area (Å²) in [5.74, 6) is -0.366. The molecule has 30 heavy (non-hydrogen) atoms. The monoisotopic (exact) mass is 433 g/mol. The molecule has 0 saturated heterocycles. The van der Waals surface area contributed by atoms with E-state index in [9.17, 15) is 23.3 Å². The molecule has 1 heterocycles. The van der Waals surface area contributed by atoms with Gasteiger partial charge in [-0.05, 0) is 48.7 Å². The van der Waals surface area contributed by atoms with Gasteiger partial charge in [0.25, 0.3) is 11.6 Å². The van der Waals surface area contributed by atoms with Gasteiger partial charge in [0.15, 0.2) is 9.84 Å². The molecule has 160 valence electrons. The number of methoxy groups -OCH3 is 1. The fourth-order valence-electron chi connectivity index (χ4n) is 3.42. The minimum Gasteiger partial charge on any atom is -0.383 e. The van der Waals surface area contributed by atoms with Crippen molar-refractivity contribution < 1.29 is 22.9 Å². The number of aryl methyl sites for hydroxylation is 1. The number of fused-ring (bicyclic) bond motifs is 1. The van der Waals surface area contributed by atoms with E-state index in [4.69, 9.17) is 4.74 Å².